The van der Waals surface area contributed by atoms with Gasteiger partial charge in [0.1, 0.15) is 12.4 Å². The number of carbonyl (C=O) groups is 2. The zero-order valence-electron chi connectivity index (χ0n) is 24.4. The van der Waals surface area contributed by atoms with Gasteiger partial charge in [-0.2, -0.15) is 0 Å². The number of anilines is 2. The van der Waals surface area contributed by atoms with Crippen LogP contribution in [0, 0.1) is 5.41 Å². The van der Waals surface area contributed by atoms with E-state index >= 15 is 0 Å². The van der Waals surface area contributed by atoms with Gasteiger partial charge in [0.05, 0.1) is 17.2 Å². The maximum Gasteiger partial charge on any atom is 0.326 e. The molecular weight excluding hydrogens is 691 g/mol. The molecule has 230 valence electrons. The van der Waals surface area contributed by atoms with Crippen LogP contribution in [-0.4, -0.2) is 45.8 Å². The fourth-order valence-electron chi connectivity index (χ4n) is 5.33. The van der Waals surface area contributed by atoms with Crippen LogP contribution in [0.15, 0.2) is 89.8 Å². The lowest BCUT2D eigenvalue weighted by atomic mass is 9.99. The number of nitrogens with two attached hydrogens (primary N) is 1. The van der Waals surface area contributed by atoms with Crippen molar-refractivity contribution in [2.45, 2.75) is 37.5 Å². The third-order valence-corrected chi connectivity index (χ3v) is 9.32. The van der Waals surface area contributed by atoms with Gasteiger partial charge in [-0.1, -0.05) is 54.6 Å². The quantitative estimate of drug-likeness (QED) is 0.0972. The smallest absolute Gasteiger partial charge is 0.326 e. The predicted molar refractivity (Wildman–Crippen MR) is 183 cm³/mol. The molecule has 11 heteroatoms. The van der Waals surface area contributed by atoms with Crippen LogP contribution in [0.1, 0.15) is 36.5 Å². The molecule has 0 radical (unpaired) electrons. The van der Waals surface area contributed by atoms with Gasteiger partial charge in [0, 0.05) is 24.2 Å². The van der Waals surface area contributed by atoms with Crippen LogP contribution in [0.25, 0.3) is 10.8 Å². The third kappa shape index (κ3) is 7.21. The van der Waals surface area contributed by atoms with Gasteiger partial charge in [0.2, 0.25) is 5.91 Å². The fourth-order valence-corrected chi connectivity index (χ4v) is 6.77. The Bertz CT molecular complexity index is 1790. The van der Waals surface area contributed by atoms with Crippen molar-refractivity contribution >= 4 is 73.9 Å². The molecule has 44 heavy (non-hydrogen) atoms. The van der Waals surface area contributed by atoms with Gasteiger partial charge < -0.3 is 15.4 Å². The summed E-state index contributed by atoms with van der Waals surface area (Å²) >= 11 is 0. The molecule has 0 bridgehead atoms. The number of hydrogen-bond donors (Lipinski definition) is 2. The average molecular weight is 727 g/mol. The lowest BCUT2D eigenvalue weighted by Crippen LogP contribution is -2.38. The van der Waals surface area contributed by atoms with E-state index in [0.717, 1.165) is 38.3 Å². The molecule has 0 aliphatic carbocycles. The Morgan fingerprint density at radius 2 is 1.70 bits per heavy atom. The van der Waals surface area contributed by atoms with Crippen LogP contribution < -0.4 is 14.9 Å². The minimum Gasteiger partial charge on any atom is -0.465 e. The highest BCUT2D eigenvalue weighted by molar-refractivity contribution is 14.0. The summed E-state index contributed by atoms with van der Waals surface area (Å²) in [5.41, 5.74) is 9.05. The van der Waals surface area contributed by atoms with Crippen molar-refractivity contribution in [2.24, 2.45) is 5.73 Å². The molecule has 1 aliphatic rings. The van der Waals surface area contributed by atoms with Crippen molar-refractivity contribution in [1.29, 1.82) is 5.41 Å². The lowest BCUT2D eigenvalue weighted by molar-refractivity contribution is -0.141. The van der Waals surface area contributed by atoms with E-state index in [4.69, 9.17) is 15.9 Å². The van der Waals surface area contributed by atoms with Crippen LogP contribution in [-0.2, 0) is 37.2 Å². The molecule has 3 N–H and O–H groups in total. The van der Waals surface area contributed by atoms with E-state index in [1.165, 1.54) is 0 Å². The van der Waals surface area contributed by atoms with Crippen LogP contribution in [0.3, 0.4) is 0 Å². The van der Waals surface area contributed by atoms with Gasteiger partial charge in [0.25, 0.3) is 10.0 Å². The van der Waals surface area contributed by atoms with E-state index in [0.29, 0.717) is 37.1 Å². The lowest BCUT2D eigenvalue weighted by Gasteiger charge is -2.31. The molecule has 1 heterocycles. The molecule has 0 unspecified atom stereocenters. The second kappa shape index (κ2) is 14.2. The summed E-state index contributed by atoms with van der Waals surface area (Å²) in [4.78, 5) is 27.7. The predicted octanol–water partition coefficient (Wildman–Crippen LogP) is 5.41. The standard InChI is InChI=1S/C33H34N4O5S.HI/c1-2-42-32(39)22-37(43(40,41)29-16-14-24-6-3-4-7-26(24)21-29)28-15-17-30-27(20-28)8-5-19-36(30)31(38)18-11-23-9-12-25(13-10-23)33(34)35;/h3-4,6-7,9-10,12-17,20-21H,2,5,8,11,18-19,22H2,1H3,(H3,34,35);1H. The first-order valence-electron chi connectivity index (χ1n) is 14.2. The Hall–Kier alpha value is -3.97. The number of sulfonamides is 1. The average Bonchev–Trinajstić information content (AvgIpc) is 3.02. The molecule has 0 fully saturated rings. The van der Waals surface area contributed by atoms with Gasteiger partial charge in [-0.15, -0.1) is 24.0 Å². The number of amidine groups is 1. The molecule has 0 atom stereocenters. The van der Waals surface area contributed by atoms with Gasteiger partial charge in [-0.05, 0) is 78.4 Å². The van der Waals surface area contributed by atoms with Crippen molar-refractivity contribution in [3.05, 3.63) is 102 Å². The number of rotatable bonds is 10. The first kappa shape index (κ1) is 32.9. The monoisotopic (exact) mass is 726 g/mol. The minimum absolute atomic E-state index is 0. The first-order valence-corrected chi connectivity index (χ1v) is 15.6. The molecular formula is C33H35IN4O5S. The van der Waals surface area contributed by atoms with Crippen LogP contribution >= 0.6 is 24.0 Å². The summed E-state index contributed by atoms with van der Waals surface area (Å²) in [6, 6.07) is 24.8. The van der Waals surface area contributed by atoms with Crippen LogP contribution in [0.4, 0.5) is 11.4 Å². The second-order valence-electron chi connectivity index (χ2n) is 10.4. The molecule has 5 rings (SSSR count). The number of halogens is 1. The highest BCUT2D eigenvalue weighted by Crippen LogP contribution is 2.34. The van der Waals surface area contributed by atoms with Crippen molar-refractivity contribution in [1.82, 2.24) is 0 Å². The van der Waals surface area contributed by atoms with Gasteiger partial charge in [-0.25, -0.2) is 8.42 Å². The van der Waals surface area contributed by atoms with Crippen molar-refractivity contribution < 1.29 is 22.7 Å². The summed E-state index contributed by atoms with van der Waals surface area (Å²) in [6.07, 6.45) is 2.23. The molecule has 0 spiro atoms. The SMILES string of the molecule is CCOC(=O)CN(c1ccc2c(c1)CCCN2C(=O)CCc1ccc(C(=N)N)cc1)S(=O)(=O)c1ccc2ccccc2c1.I. The maximum atomic E-state index is 14.0. The highest BCUT2D eigenvalue weighted by atomic mass is 127. The summed E-state index contributed by atoms with van der Waals surface area (Å²) in [5, 5.41) is 9.22. The summed E-state index contributed by atoms with van der Waals surface area (Å²) in [6.45, 7) is 1.89. The Balaban J connectivity index is 0.00000442. The summed E-state index contributed by atoms with van der Waals surface area (Å²) < 4.78 is 34.1. The van der Waals surface area contributed by atoms with Gasteiger partial charge >= 0.3 is 5.97 Å². The summed E-state index contributed by atoms with van der Waals surface area (Å²) in [7, 11) is -4.13. The van der Waals surface area contributed by atoms with E-state index in [9.17, 15) is 18.0 Å². The Morgan fingerprint density at radius 3 is 2.41 bits per heavy atom. The molecule has 0 aromatic heterocycles. The molecule has 0 saturated heterocycles. The number of amides is 1. The van der Waals surface area contributed by atoms with E-state index in [1.54, 1.807) is 60.4 Å². The molecule has 0 saturated carbocycles. The van der Waals surface area contributed by atoms with E-state index < -0.39 is 22.5 Å². The zero-order valence-corrected chi connectivity index (χ0v) is 27.5. The second-order valence-corrected chi connectivity index (χ2v) is 12.3. The Labute approximate surface area is 274 Å². The summed E-state index contributed by atoms with van der Waals surface area (Å²) in [5.74, 6) is -0.688. The molecule has 4 aromatic rings. The number of esters is 1. The Kier molecular flexibility index (Phi) is 10.6. The van der Waals surface area contributed by atoms with Gasteiger partial charge in [-0.3, -0.25) is 19.3 Å². The molecule has 9 nitrogen and oxygen atoms in total. The van der Waals surface area contributed by atoms with E-state index in [-0.39, 0.29) is 47.2 Å². The highest BCUT2D eigenvalue weighted by Gasteiger charge is 2.30. The number of carbonyl (C=O) groups excluding carboxylic acids is 2. The topological polar surface area (TPSA) is 134 Å². The molecule has 1 aliphatic heterocycles. The third-order valence-electron chi connectivity index (χ3n) is 7.55. The number of benzene rings is 4. The number of nitrogen functional groups attached to an aromatic ring is 1. The van der Waals surface area contributed by atoms with Crippen LogP contribution in [0.2, 0.25) is 0 Å². The van der Waals surface area contributed by atoms with E-state index in [1.807, 2.05) is 36.4 Å². The number of nitrogens with zero attached hydrogens (tertiary/aromatic N) is 2. The maximum absolute atomic E-state index is 14.0. The van der Waals surface area contributed by atoms with Crippen LogP contribution in [0.5, 0.6) is 0 Å². The minimum atomic E-state index is -4.13. The fraction of sp³-hybridized carbons (Fsp3) is 0.242. The van der Waals surface area contributed by atoms with Gasteiger partial charge in [0.15, 0.2) is 0 Å². The van der Waals surface area contributed by atoms with Crippen molar-refractivity contribution in [3.8, 4) is 0 Å². The van der Waals surface area contributed by atoms with Crippen molar-refractivity contribution in [2.75, 3.05) is 28.9 Å². The molecule has 1 amide bonds. The van der Waals surface area contributed by atoms with Crippen molar-refractivity contribution in [3.63, 3.8) is 0 Å². The number of ether oxygens (including phenoxy) is 1. The zero-order chi connectivity index (χ0) is 30.6. The number of aryl methyl sites for hydroxylation is 2. The Morgan fingerprint density at radius 1 is 0.977 bits per heavy atom. The normalized spacial score (nSPS) is 12.6. The molecule has 4 aromatic carbocycles. The largest absolute Gasteiger partial charge is 0.465 e. The first-order chi connectivity index (χ1) is 20.7. The number of nitrogens with one attached hydrogen (secondary N) is 1. The number of hydrogen-bond acceptors (Lipinski definition) is 6. The number of fused-ring (bicyclic) bond motifs is 2. The van der Waals surface area contributed by atoms with E-state index in [2.05, 4.69) is 0 Å².